The molecule has 2 aliphatic rings. The van der Waals surface area contributed by atoms with Crippen LogP contribution in [0.15, 0.2) is 0 Å². The smallest absolute Gasteiger partial charge is 0.0622 e. The van der Waals surface area contributed by atoms with Crippen LogP contribution in [-0.4, -0.2) is 25.8 Å². The minimum Gasteiger partial charge on any atom is -0.380 e. The van der Waals surface area contributed by atoms with Gasteiger partial charge in [0, 0.05) is 12.6 Å². The first-order valence-electron chi connectivity index (χ1n) is 7.71. The van der Waals surface area contributed by atoms with E-state index < -0.39 is 0 Å². The van der Waals surface area contributed by atoms with Crippen molar-refractivity contribution in [3.05, 3.63) is 0 Å². The maximum absolute atomic E-state index is 5.90. The molecule has 0 aromatic heterocycles. The molecule has 0 aliphatic heterocycles. The lowest BCUT2D eigenvalue weighted by Gasteiger charge is -2.27. The predicted molar refractivity (Wildman–Crippen MR) is 72.2 cm³/mol. The Bertz CT molecular complexity index is 197. The van der Waals surface area contributed by atoms with Crippen molar-refractivity contribution in [1.29, 1.82) is 0 Å². The van der Waals surface area contributed by atoms with E-state index in [1.165, 1.54) is 51.4 Å². The lowest BCUT2D eigenvalue weighted by Crippen LogP contribution is -2.39. The molecule has 0 spiro atoms. The number of likely N-dealkylation sites (N-methyl/N-ethyl adjacent to an activating group) is 1. The molecule has 2 nitrogen and oxygen atoms in total. The summed E-state index contributed by atoms with van der Waals surface area (Å²) in [4.78, 5) is 0. The van der Waals surface area contributed by atoms with Crippen LogP contribution >= 0.6 is 0 Å². The molecule has 17 heavy (non-hydrogen) atoms. The largest absolute Gasteiger partial charge is 0.380 e. The highest BCUT2D eigenvalue weighted by Gasteiger charge is 2.24. The molecule has 1 atom stereocenters. The molecule has 1 unspecified atom stereocenters. The summed E-state index contributed by atoms with van der Waals surface area (Å²) >= 11 is 0. The highest BCUT2D eigenvalue weighted by molar-refractivity contribution is 4.80. The van der Waals surface area contributed by atoms with E-state index in [2.05, 4.69) is 12.2 Å². The van der Waals surface area contributed by atoms with Crippen molar-refractivity contribution < 1.29 is 4.74 Å². The SMILES string of the molecule is CCNC(COCCC1CCC1)C1CCCC1. The van der Waals surface area contributed by atoms with Crippen LogP contribution in [0.25, 0.3) is 0 Å². The fourth-order valence-electron chi connectivity index (χ4n) is 3.23. The molecule has 0 radical (unpaired) electrons. The van der Waals surface area contributed by atoms with Crippen molar-refractivity contribution >= 4 is 0 Å². The summed E-state index contributed by atoms with van der Waals surface area (Å²) in [6.07, 6.45) is 11.3. The van der Waals surface area contributed by atoms with Crippen molar-refractivity contribution in [2.75, 3.05) is 19.8 Å². The number of nitrogens with one attached hydrogen (secondary N) is 1. The topological polar surface area (TPSA) is 21.3 Å². The van der Waals surface area contributed by atoms with E-state index in [0.717, 1.165) is 31.6 Å². The van der Waals surface area contributed by atoms with Gasteiger partial charge in [0.1, 0.15) is 0 Å². The second kappa shape index (κ2) is 7.38. The van der Waals surface area contributed by atoms with E-state index in [-0.39, 0.29) is 0 Å². The number of hydrogen-bond donors (Lipinski definition) is 1. The van der Waals surface area contributed by atoms with Crippen molar-refractivity contribution in [2.45, 2.75) is 64.3 Å². The summed E-state index contributed by atoms with van der Waals surface area (Å²) in [7, 11) is 0. The van der Waals surface area contributed by atoms with Crippen LogP contribution in [-0.2, 0) is 4.74 Å². The second-order valence-corrected chi connectivity index (χ2v) is 5.87. The Morgan fingerprint density at radius 2 is 1.88 bits per heavy atom. The molecule has 2 aliphatic carbocycles. The van der Waals surface area contributed by atoms with E-state index in [0.29, 0.717) is 6.04 Å². The van der Waals surface area contributed by atoms with Gasteiger partial charge in [0.05, 0.1) is 6.61 Å². The standard InChI is InChI=1S/C15H29NO/c1-2-16-15(14-8-3-4-9-14)12-17-11-10-13-6-5-7-13/h13-16H,2-12H2,1H3. The maximum Gasteiger partial charge on any atom is 0.0622 e. The van der Waals surface area contributed by atoms with Crippen molar-refractivity contribution in [1.82, 2.24) is 5.32 Å². The fourth-order valence-corrected chi connectivity index (χ4v) is 3.23. The molecule has 0 aromatic rings. The van der Waals surface area contributed by atoms with E-state index >= 15 is 0 Å². The molecule has 0 saturated heterocycles. The first-order valence-corrected chi connectivity index (χ1v) is 7.71. The Hall–Kier alpha value is -0.0800. The summed E-state index contributed by atoms with van der Waals surface area (Å²) in [5.41, 5.74) is 0. The molecule has 100 valence electrons. The number of ether oxygens (including phenoxy) is 1. The average Bonchev–Trinajstić information content (AvgIpc) is 2.78. The van der Waals surface area contributed by atoms with Crippen LogP contribution < -0.4 is 5.32 Å². The lowest BCUT2D eigenvalue weighted by molar-refractivity contribution is 0.0756. The van der Waals surface area contributed by atoms with Gasteiger partial charge in [-0.1, -0.05) is 39.0 Å². The van der Waals surface area contributed by atoms with Gasteiger partial charge in [-0.25, -0.2) is 0 Å². The van der Waals surface area contributed by atoms with Crippen molar-refractivity contribution in [3.8, 4) is 0 Å². The lowest BCUT2D eigenvalue weighted by atomic mass is 9.83. The molecular weight excluding hydrogens is 210 g/mol. The number of hydrogen-bond acceptors (Lipinski definition) is 2. The van der Waals surface area contributed by atoms with Gasteiger partial charge in [0.15, 0.2) is 0 Å². The Balaban J connectivity index is 1.58. The van der Waals surface area contributed by atoms with E-state index in [9.17, 15) is 0 Å². The molecule has 0 amide bonds. The van der Waals surface area contributed by atoms with Crippen LogP contribution in [0, 0.1) is 11.8 Å². The Morgan fingerprint density at radius 1 is 1.12 bits per heavy atom. The average molecular weight is 239 g/mol. The van der Waals surface area contributed by atoms with Gasteiger partial charge >= 0.3 is 0 Å². The first kappa shape index (κ1) is 13.4. The molecule has 1 N–H and O–H groups in total. The molecule has 0 heterocycles. The quantitative estimate of drug-likeness (QED) is 0.656. The van der Waals surface area contributed by atoms with Crippen molar-refractivity contribution in [3.63, 3.8) is 0 Å². The predicted octanol–water partition coefficient (Wildman–Crippen LogP) is 3.36. The third kappa shape index (κ3) is 4.26. The molecule has 2 heteroatoms. The van der Waals surface area contributed by atoms with Gasteiger partial charge in [-0.15, -0.1) is 0 Å². The molecule has 0 aromatic carbocycles. The summed E-state index contributed by atoms with van der Waals surface area (Å²) in [6, 6.07) is 0.615. The highest BCUT2D eigenvalue weighted by atomic mass is 16.5. The molecule has 0 bridgehead atoms. The number of rotatable bonds is 8. The van der Waals surface area contributed by atoms with E-state index in [1.54, 1.807) is 0 Å². The minimum absolute atomic E-state index is 0.615. The highest BCUT2D eigenvalue weighted by Crippen LogP contribution is 2.30. The first-order chi connectivity index (χ1) is 8.40. The third-order valence-electron chi connectivity index (χ3n) is 4.63. The maximum atomic E-state index is 5.90. The van der Waals surface area contributed by atoms with E-state index in [4.69, 9.17) is 4.74 Å². The molecule has 2 saturated carbocycles. The normalized spacial score (nSPS) is 23.8. The molecular formula is C15H29NO. The van der Waals surface area contributed by atoms with E-state index in [1.807, 2.05) is 0 Å². The van der Waals surface area contributed by atoms with Crippen LogP contribution in [0.4, 0.5) is 0 Å². The van der Waals surface area contributed by atoms with Gasteiger partial charge in [0.25, 0.3) is 0 Å². The summed E-state index contributed by atoms with van der Waals surface area (Å²) < 4.78 is 5.90. The van der Waals surface area contributed by atoms with Gasteiger partial charge in [0.2, 0.25) is 0 Å². The summed E-state index contributed by atoms with van der Waals surface area (Å²) in [5, 5.41) is 3.62. The van der Waals surface area contributed by atoms with Crippen LogP contribution in [0.5, 0.6) is 0 Å². The van der Waals surface area contributed by atoms with Gasteiger partial charge in [-0.05, 0) is 37.6 Å². The zero-order chi connectivity index (χ0) is 11.9. The molecule has 2 rings (SSSR count). The second-order valence-electron chi connectivity index (χ2n) is 5.87. The van der Waals surface area contributed by atoms with Crippen LogP contribution in [0.3, 0.4) is 0 Å². The van der Waals surface area contributed by atoms with Crippen molar-refractivity contribution in [2.24, 2.45) is 11.8 Å². The third-order valence-corrected chi connectivity index (χ3v) is 4.63. The fraction of sp³-hybridized carbons (Fsp3) is 1.00. The monoisotopic (exact) mass is 239 g/mol. The zero-order valence-corrected chi connectivity index (χ0v) is 11.4. The summed E-state index contributed by atoms with van der Waals surface area (Å²) in [6.45, 7) is 5.20. The Labute approximate surface area is 107 Å². The van der Waals surface area contributed by atoms with Crippen LogP contribution in [0.2, 0.25) is 0 Å². The van der Waals surface area contributed by atoms with Gasteiger partial charge < -0.3 is 10.1 Å². The summed E-state index contributed by atoms with van der Waals surface area (Å²) in [5.74, 6) is 1.86. The van der Waals surface area contributed by atoms with Gasteiger partial charge in [-0.2, -0.15) is 0 Å². The Kier molecular flexibility index (Phi) is 5.79. The van der Waals surface area contributed by atoms with Gasteiger partial charge in [-0.3, -0.25) is 0 Å². The zero-order valence-electron chi connectivity index (χ0n) is 11.4. The minimum atomic E-state index is 0.615. The van der Waals surface area contributed by atoms with Crippen LogP contribution in [0.1, 0.15) is 58.3 Å². The Morgan fingerprint density at radius 3 is 2.47 bits per heavy atom. The molecule has 2 fully saturated rings.